The second-order valence-corrected chi connectivity index (χ2v) is 5.94. The molecule has 3 heterocycles. The van der Waals surface area contributed by atoms with Crippen molar-refractivity contribution in [2.45, 2.75) is 31.8 Å². The lowest BCUT2D eigenvalue weighted by Crippen LogP contribution is -2.46. The molecule has 5 N–H and O–H groups in total. The van der Waals surface area contributed by atoms with E-state index in [2.05, 4.69) is 15.6 Å². The summed E-state index contributed by atoms with van der Waals surface area (Å²) in [5.74, 6) is -0.231. The lowest BCUT2D eigenvalue weighted by Gasteiger charge is -2.22. The van der Waals surface area contributed by atoms with Crippen LogP contribution in [-0.2, 0) is 11.3 Å². The molecule has 1 aliphatic rings. The molecule has 0 saturated carbocycles. The van der Waals surface area contributed by atoms with Crippen LogP contribution in [0.2, 0.25) is 0 Å². The van der Waals surface area contributed by atoms with Crippen molar-refractivity contribution in [3.05, 3.63) is 35.9 Å². The third-order valence-electron chi connectivity index (χ3n) is 4.21. The Morgan fingerprint density at radius 2 is 2.20 bits per heavy atom. The van der Waals surface area contributed by atoms with Crippen molar-refractivity contribution < 1.29 is 19.1 Å². The molecule has 1 amide bonds. The molecule has 1 fully saturated rings. The van der Waals surface area contributed by atoms with Gasteiger partial charge in [-0.05, 0) is 31.5 Å². The molecule has 8 nitrogen and oxygen atoms in total. The minimum absolute atomic E-state index is 0.0493. The van der Waals surface area contributed by atoms with Gasteiger partial charge in [-0.25, -0.2) is 4.79 Å². The maximum absolute atomic E-state index is 12.1. The van der Waals surface area contributed by atoms with Crippen molar-refractivity contribution in [2.24, 2.45) is 0 Å². The quantitative estimate of drug-likeness (QED) is 0.644. The normalized spacial score (nSPS) is 17.2. The van der Waals surface area contributed by atoms with Crippen LogP contribution in [0.3, 0.4) is 0 Å². The summed E-state index contributed by atoms with van der Waals surface area (Å²) in [4.78, 5) is 27.1. The average Bonchev–Trinajstić information content (AvgIpc) is 3.09. The predicted molar refractivity (Wildman–Crippen MR) is 90.8 cm³/mol. The van der Waals surface area contributed by atoms with Crippen molar-refractivity contribution in [3.8, 4) is 11.3 Å². The van der Waals surface area contributed by atoms with Crippen molar-refractivity contribution in [2.75, 3.05) is 12.3 Å². The zero-order valence-electron chi connectivity index (χ0n) is 13.6. The molecule has 0 aromatic carbocycles. The number of carbonyl (C=O) groups is 2. The van der Waals surface area contributed by atoms with Gasteiger partial charge in [0, 0.05) is 12.4 Å². The number of anilines is 1. The number of hydrogen-bond donors (Lipinski definition) is 4. The molecule has 0 aliphatic carbocycles. The molecule has 1 saturated heterocycles. The molecule has 2 aromatic heterocycles. The molecule has 0 bridgehead atoms. The van der Waals surface area contributed by atoms with Crippen LogP contribution in [0.5, 0.6) is 0 Å². The number of furan rings is 1. The first-order valence-electron chi connectivity index (χ1n) is 8.13. The Morgan fingerprint density at radius 1 is 1.36 bits per heavy atom. The number of aromatic nitrogens is 1. The average molecular weight is 344 g/mol. The van der Waals surface area contributed by atoms with E-state index in [9.17, 15) is 9.59 Å². The fourth-order valence-corrected chi connectivity index (χ4v) is 2.83. The predicted octanol–water partition coefficient (Wildman–Crippen LogP) is 1.38. The van der Waals surface area contributed by atoms with Crippen LogP contribution >= 0.6 is 0 Å². The summed E-state index contributed by atoms with van der Waals surface area (Å²) in [6.07, 6.45) is 5.62. The number of piperidine rings is 1. The third kappa shape index (κ3) is 3.80. The van der Waals surface area contributed by atoms with E-state index in [1.54, 1.807) is 12.1 Å². The minimum Gasteiger partial charge on any atom is -0.478 e. The van der Waals surface area contributed by atoms with Gasteiger partial charge in [0.1, 0.15) is 17.1 Å². The Kier molecular flexibility index (Phi) is 4.99. The second-order valence-electron chi connectivity index (χ2n) is 5.94. The number of carboxylic acid groups (broad SMARTS) is 1. The summed E-state index contributed by atoms with van der Waals surface area (Å²) in [5.41, 5.74) is 6.31. The maximum atomic E-state index is 12.1. The number of nitrogens with one attached hydrogen (secondary N) is 2. The molecule has 8 heteroatoms. The van der Waals surface area contributed by atoms with Crippen LogP contribution in [0.1, 0.15) is 35.4 Å². The summed E-state index contributed by atoms with van der Waals surface area (Å²) in [7, 11) is 0. The topological polar surface area (TPSA) is 130 Å². The molecule has 2 aromatic rings. The van der Waals surface area contributed by atoms with Crippen molar-refractivity contribution >= 4 is 17.6 Å². The first-order valence-corrected chi connectivity index (χ1v) is 8.13. The lowest BCUT2D eigenvalue weighted by molar-refractivity contribution is -0.123. The number of nitrogens with zero attached hydrogens (tertiary/aromatic N) is 1. The van der Waals surface area contributed by atoms with Gasteiger partial charge in [-0.1, -0.05) is 6.42 Å². The van der Waals surface area contributed by atoms with Gasteiger partial charge in [0.2, 0.25) is 5.91 Å². The number of hydrogen-bond acceptors (Lipinski definition) is 6. The lowest BCUT2D eigenvalue weighted by atomic mass is 10.0. The Labute approximate surface area is 144 Å². The fraction of sp³-hybridized carbons (Fsp3) is 0.353. The Morgan fingerprint density at radius 3 is 2.92 bits per heavy atom. The number of nitrogens with two attached hydrogens (primary N) is 1. The van der Waals surface area contributed by atoms with Crippen LogP contribution in [0.15, 0.2) is 28.9 Å². The highest BCUT2D eigenvalue weighted by atomic mass is 16.4. The molecule has 0 spiro atoms. The van der Waals surface area contributed by atoms with Crippen LogP contribution < -0.4 is 16.4 Å². The minimum atomic E-state index is -1.15. The molecule has 132 valence electrons. The molecule has 0 unspecified atom stereocenters. The van der Waals surface area contributed by atoms with Crippen LogP contribution in [-0.4, -0.2) is 34.6 Å². The van der Waals surface area contributed by atoms with Crippen molar-refractivity contribution in [1.29, 1.82) is 0 Å². The number of amides is 1. The summed E-state index contributed by atoms with van der Waals surface area (Å²) in [6.45, 7) is 1.11. The van der Waals surface area contributed by atoms with Gasteiger partial charge in [-0.2, -0.15) is 0 Å². The van der Waals surface area contributed by atoms with E-state index < -0.39 is 5.97 Å². The standard InChI is InChI=1S/C17H20N4O4/c18-15-11(8-19-9-12(15)17(23)24)14-5-4-10(25-14)7-21-16(22)13-3-1-2-6-20-13/h4-5,8-9,13,20H,1-3,6-7H2,(H2,18,19)(H,21,22)(H,23,24)/t13-/m0/s1. The molecule has 1 atom stereocenters. The van der Waals surface area contributed by atoms with Gasteiger partial charge in [0.15, 0.2) is 0 Å². The fourth-order valence-electron chi connectivity index (χ4n) is 2.83. The number of rotatable bonds is 5. The van der Waals surface area contributed by atoms with E-state index in [1.165, 1.54) is 12.4 Å². The molecular weight excluding hydrogens is 324 g/mol. The number of nitrogen functional groups attached to an aromatic ring is 1. The molecule has 25 heavy (non-hydrogen) atoms. The highest BCUT2D eigenvalue weighted by Gasteiger charge is 2.20. The number of carbonyl (C=O) groups excluding carboxylic acids is 1. The smallest absolute Gasteiger partial charge is 0.339 e. The van der Waals surface area contributed by atoms with E-state index in [0.717, 1.165) is 25.8 Å². The van der Waals surface area contributed by atoms with E-state index in [1.807, 2.05) is 0 Å². The third-order valence-corrected chi connectivity index (χ3v) is 4.21. The van der Waals surface area contributed by atoms with Gasteiger partial charge >= 0.3 is 5.97 Å². The van der Waals surface area contributed by atoms with Gasteiger partial charge in [0.25, 0.3) is 0 Å². The van der Waals surface area contributed by atoms with Gasteiger partial charge in [0.05, 0.1) is 23.8 Å². The first-order chi connectivity index (χ1) is 12.1. The Hall–Kier alpha value is -2.87. The van der Waals surface area contributed by atoms with Gasteiger partial charge in [-0.3, -0.25) is 9.78 Å². The maximum Gasteiger partial charge on any atom is 0.339 e. The summed E-state index contributed by atoms with van der Waals surface area (Å²) >= 11 is 0. The second kappa shape index (κ2) is 7.35. The van der Waals surface area contributed by atoms with E-state index in [0.29, 0.717) is 17.1 Å². The summed E-state index contributed by atoms with van der Waals surface area (Å²) in [5, 5.41) is 15.1. The Balaban J connectivity index is 1.67. The van der Waals surface area contributed by atoms with Crippen LogP contribution in [0.4, 0.5) is 5.69 Å². The molecular formula is C17H20N4O4. The van der Waals surface area contributed by atoms with Gasteiger partial charge in [-0.15, -0.1) is 0 Å². The van der Waals surface area contributed by atoms with Crippen LogP contribution in [0.25, 0.3) is 11.3 Å². The van der Waals surface area contributed by atoms with E-state index >= 15 is 0 Å². The van der Waals surface area contributed by atoms with E-state index in [-0.39, 0.29) is 29.7 Å². The summed E-state index contributed by atoms with van der Waals surface area (Å²) in [6, 6.07) is 3.24. The van der Waals surface area contributed by atoms with Crippen molar-refractivity contribution in [1.82, 2.24) is 15.6 Å². The van der Waals surface area contributed by atoms with E-state index in [4.69, 9.17) is 15.3 Å². The van der Waals surface area contributed by atoms with Crippen LogP contribution in [0, 0.1) is 0 Å². The SMILES string of the molecule is Nc1c(C(=O)O)cncc1-c1ccc(CNC(=O)[C@@H]2CCCCN2)o1. The largest absolute Gasteiger partial charge is 0.478 e. The molecule has 0 radical (unpaired) electrons. The number of aromatic carboxylic acids is 1. The highest BCUT2D eigenvalue weighted by molar-refractivity contribution is 5.97. The number of carboxylic acids is 1. The summed E-state index contributed by atoms with van der Waals surface area (Å²) < 4.78 is 5.67. The van der Waals surface area contributed by atoms with Crippen molar-refractivity contribution in [3.63, 3.8) is 0 Å². The number of pyridine rings is 1. The van der Waals surface area contributed by atoms with Gasteiger partial charge < -0.3 is 25.9 Å². The Bertz CT molecular complexity index is 781. The first kappa shape index (κ1) is 17.0. The molecule has 1 aliphatic heterocycles. The zero-order valence-corrected chi connectivity index (χ0v) is 13.6. The highest BCUT2D eigenvalue weighted by Crippen LogP contribution is 2.29. The molecule has 3 rings (SSSR count). The monoisotopic (exact) mass is 344 g/mol. The zero-order chi connectivity index (χ0) is 17.8.